The molecule has 0 spiro atoms. The Bertz CT molecular complexity index is 384. The van der Waals surface area contributed by atoms with Gasteiger partial charge in [-0.25, -0.2) is 0 Å². The third kappa shape index (κ3) is 4.69. The first-order valence-electron chi connectivity index (χ1n) is 9.87. The third-order valence-corrected chi connectivity index (χ3v) is 5.91. The lowest BCUT2D eigenvalue weighted by atomic mass is 10.0. The standard InChI is InChI=1S/C19H35N3O/c1-15(2)13-21-9-7-17(8-10-21)20-12-16-11-19(23)22(14-16)18-5-3-4-6-18/h15-18,20H,3-14H2,1-2H3/t16-/m1/s1. The minimum absolute atomic E-state index is 0.412. The molecule has 3 rings (SSSR count). The Labute approximate surface area is 142 Å². The lowest BCUT2D eigenvalue weighted by Crippen LogP contribution is -2.45. The first kappa shape index (κ1) is 17.2. The van der Waals surface area contributed by atoms with Crippen molar-refractivity contribution in [1.29, 1.82) is 0 Å². The molecule has 1 aliphatic carbocycles. The van der Waals surface area contributed by atoms with E-state index in [-0.39, 0.29) is 0 Å². The van der Waals surface area contributed by atoms with Crippen LogP contribution in [0, 0.1) is 11.8 Å². The van der Waals surface area contributed by atoms with Gasteiger partial charge in [0.15, 0.2) is 0 Å². The molecule has 0 unspecified atom stereocenters. The van der Waals surface area contributed by atoms with Crippen LogP contribution in [0.3, 0.4) is 0 Å². The van der Waals surface area contributed by atoms with Crippen LogP contribution in [0.15, 0.2) is 0 Å². The van der Waals surface area contributed by atoms with Gasteiger partial charge in [0.05, 0.1) is 0 Å². The van der Waals surface area contributed by atoms with Gasteiger partial charge in [0.2, 0.25) is 5.91 Å². The number of amides is 1. The molecule has 4 nitrogen and oxygen atoms in total. The monoisotopic (exact) mass is 321 g/mol. The molecule has 2 aliphatic heterocycles. The Balaban J connectivity index is 1.36. The lowest BCUT2D eigenvalue weighted by Gasteiger charge is -2.34. The molecule has 23 heavy (non-hydrogen) atoms. The van der Waals surface area contributed by atoms with E-state index in [1.165, 1.54) is 58.2 Å². The van der Waals surface area contributed by atoms with Gasteiger partial charge in [0.1, 0.15) is 0 Å². The molecule has 4 heteroatoms. The Kier molecular flexibility index (Phi) is 5.97. The maximum Gasteiger partial charge on any atom is 0.223 e. The molecule has 1 atom stereocenters. The smallest absolute Gasteiger partial charge is 0.223 e. The van der Waals surface area contributed by atoms with Crippen LogP contribution < -0.4 is 5.32 Å². The van der Waals surface area contributed by atoms with Crippen LogP contribution in [-0.4, -0.2) is 60.5 Å². The molecular formula is C19H35N3O. The van der Waals surface area contributed by atoms with E-state index in [1.54, 1.807) is 0 Å². The molecule has 1 saturated carbocycles. The van der Waals surface area contributed by atoms with Gasteiger partial charge in [-0.1, -0.05) is 26.7 Å². The maximum absolute atomic E-state index is 12.3. The van der Waals surface area contributed by atoms with Gasteiger partial charge in [-0.15, -0.1) is 0 Å². The van der Waals surface area contributed by atoms with Crippen molar-refractivity contribution in [1.82, 2.24) is 15.1 Å². The van der Waals surface area contributed by atoms with Crippen molar-refractivity contribution in [2.45, 2.75) is 70.9 Å². The van der Waals surface area contributed by atoms with Gasteiger partial charge in [-0.2, -0.15) is 0 Å². The number of nitrogens with one attached hydrogen (secondary N) is 1. The van der Waals surface area contributed by atoms with Crippen LogP contribution in [0.2, 0.25) is 0 Å². The normalized spacial score (nSPS) is 28.4. The van der Waals surface area contributed by atoms with Crippen molar-refractivity contribution >= 4 is 5.91 Å². The second kappa shape index (κ2) is 7.98. The van der Waals surface area contributed by atoms with Crippen LogP contribution in [0.5, 0.6) is 0 Å². The molecule has 3 aliphatic rings. The highest BCUT2D eigenvalue weighted by atomic mass is 16.2. The maximum atomic E-state index is 12.3. The minimum Gasteiger partial charge on any atom is -0.339 e. The van der Waals surface area contributed by atoms with Gasteiger partial charge in [-0.05, 0) is 50.6 Å². The summed E-state index contributed by atoms with van der Waals surface area (Å²) in [4.78, 5) is 17.1. The highest BCUT2D eigenvalue weighted by Gasteiger charge is 2.35. The topological polar surface area (TPSA) is 35.6 Å². The largest absolute Gasteiger partial charge is 0.339 e. The molecule has 0 bridgehead atoms. The number of rotatable bonds is 6. The first-order chi connectivity index (χ1) is 11.1. The van der Waals surface area contributed by atoms with Gasteiger partial charge in [0.25, 0.3) is 0 Å². The number of piperidine rings is 1. The summed E-state index contributed by atoms with van der Waals surface area (Å²) < 4.78 is 0. The summed E-state index contributed by atoms with van der Waals surface area (Å²) in [5.41, 5.74) is 0. The number of carbonyl (C=O) groups excluding carboxylic acids is 1. The van der Waals surface area contributed by atoms with Crippen molar-refractivity contribution in [2.75, 3.05) is 32.7 Å². The summed E-state index contributed by atoms with van der Waals surface area (Å²) in [6.07, 6.45) is 8.40. The molecular weight excluding hydrogens is 286 g/mol. The van der Waals surface area contributed by atoms with E-state index in [0.29, 0.717) is 23.9 Å². The summed E-state index contributed by atoms with van der Waals surface area (Å²) in [6.45, 7) is 10.3. The van der Waals surface area contributed by atoms with Crippen LogP contribution in [-0.2, 0) is 4.79 Å². The Hall–Kier alpha value is -0.610. The van der Waals surface area contributed by atoms with Crippen molar-refractivity contribution in [3.63, 3.8) is 0 Å². The highest BCUT2D eigenvalue weighted by Crippen LogP contribution is 2.29. The average Bonchev–Trinajstić information content (AvgIpc) is 3.15. The first-order valence-corrected chi connectivity index (χ1v) is 9.87. The SMILES string of the molecule is CC(C)CN1CCC(NC[C@H]2CC(=O)N(C3CCCC3)C2)CC1. The average molecular weight is 322 g/mol. The second-order valence-corrected chi connectivity index (χ2v) is 8.43. The van der Waals surface area contributed by atoms with Crippen LogP contribution in [0.4, 0.5) is 0 Å². The van der Waals surface area contributed by atoms with E-state index in [1.807, 2.05) is 0 Å². The van der Waals surface area contributed by atoms with Crippen LogP contribution >= 0.6 is 0 Å². The summed E-state index contributed by atoms with van der Waals surface area (Å²) in [5, 5.41) is 3.76. The van der Waals surface area contributed by atoms with Gasteiger partial charge in [0, 0.05) is 38.1 Å². The van der Waals surface area contributed by atoms with Gasteiger partial charge >= 0.3 is 0 Å². The number of nitrogens with zero attached hydrogens (tertiary/aromatic N) is 2. The fraction of sp³-hybridized carbons (Fsp3) is 0.947. The summed E-state index contributed by atoms with van der Waals surface area (Å²) in [5.74, 6) is 1.72. The molecule has 1 N–H and O–H groups in total. The minimum atomic E-state index is 0.412. The molecule has 132 valence electrons. The van der Waals surface area contributed by atoms with E-state index in [4.69, 9.17) is 0 Å². The molecule has 0 aromatic carbocycles. The molecule has 2 heterocycles. The molecule has 1 amide bonds. The summed E-state index contributed by atoms with van der Waals surface area (Å²) in [6, 6.07) is 1.22. The van der Waals surface area contributed by atoms with E-state index >= 15 is 0 Å². The van der Waals surface area contributed by atoms with Crippen molar-refractivity contribution in [2.24, 2.45) is 11.8 Å². The quantitative estimate of drug-likeness (QED) is 0.816. The van der Waals surface area contributed by atoms with Gasteiger partial charge < -0.3 is 15.1 Å². The Morgan fingerprint density at radius 2 is 1.83 bits per heavy atom. The summed E-state index contributed by atoms with van der Waals surface area (Å²) >= 11 is 0. The number of carbonyl (C=O) groups is 1. The Morgan fingerprint density at radius 1 is 1.13 bits per heavy atom. The number of likely N-dealkylation sites (tertiary alicyclic amines) is 2. The molecule has 2 saturated heterocycles. The molecule has 0 aromatic rings. The number of hydrogen-bond donors (Lipinski definition) is 1. The highest BCUT2D eigenvalue weighted by molar-refractivity contribution is 5.79. The molecule has 0 radical (unpaired) electrons. The lowest BCUT2D eigenvalue weighted by molar-refractivity contribution is -0.129. The van der Waals surface area contributed by atoms with Crippen molar-refractivity contribution in [3.8, 4) is 0 Å². The predicted molar refractivity (Wildman–Crippen MR) is 94.4 cm³/mol. The van der Waals surface area contributed by atoms with Gasteiger partial charge in [-0.3, -0.25) is 4.79 Å². The second-order valence-electron chi connectivity index (χ2n) is 8.43. The predicted octanol–water partition coefficient (Wildman–Crippen LogP) is 2.49. The van der Waals surface area contributed by atoms with Crippen LogP contribution in [0.25, 0.3) is 0 Å². The summed E-state index contributed by atoms with van der Waals surface area (Å²) in [7, 11) is 0. The third-order valence-electron chi connectivity index (χ3n) is 5.91. The molecule has 3 fully saturated rings. The zero-order valence-corrected chi connectivity index (χ0v) is 15.1. The van der Waals surface area contributed by atoms with Crippen LogP contribution in [0.1, 0.15) is 58.8 Å². The number of hydrogen-bond acceptors (Lipinski definition) is 3. The van der Waals surface area contributed by atoms with Crippen molar-refractivity contribution < 1.29 is 4.79 Å². The van der Waals surface area contributed by atoms with E-state index in [9.17, 15) is 4.79 Å². The van der Waals surface area contributed by atoms with Crippen molar-refractivity contribution in [3.05, 3.63) is 0 Å². The zero-order valence-electron chi connectivity index (χ0n) is 15.1. The fourth-order valence-electron chi connectivity index (χ4n) is 4.68. The Morgan fingerprint density at radius 3 is 2.48 bits per heavy atom. The van der Waals surface area contributed by atoms with E-state index < -0.39 is 0 Å². The fourth-order valence-corrected chi connectivity index (χ4v) is 4.68. The van der Waals surface area contributed by atoms with E-state index in [2.05, 4.69) is 29.0 Å². The zero-order chi connectivity index (χ0) is 16.2. The van der Waals surface area contributed by atoms with E-state index in [0.717, 1.165) is 25.4 Å². The molecule has 0 aromatic heterocycles.